The molecule has 1 N–H and O–H groups in total. The molecule has 2 rings (SSSR count). The lowest BCUT2D eigenvalue weighted by Gasteiger charge is -2.26. The van der Waals surface area contributed by atoms with Crippen LogP contribution in [0.1, 0.15) is 32.0 Å². The van der Waals surface area contributed by atoms with Gasteiger partial charge in [0.2, 0.25) is 0 Å². The second-order valence-corrected chi connectivity index (χ2v) is 7.69. The molecule has 0 radical (unpaired) electrons. The Kier molecular flexibility index (Phi) is 4.98. The van der Waals surface area contributed by atoms with Crippen molar-refractivity contribution in [2.24, 2.45) is 0 Å². The summed E-state index contributed by atoms with van der Waals surface area (Å²) < 4.78 is 27.7. The first-order valence-corrected chi connectivity index (χ1v) is 8.79. The predicted molar refractivity (Wildman–Crippen MR) is 76.6 cm³/mol. The van der Waals surface area contributed by atoms with Crippen LogP contribution >= 0.6 is 0 Å². The minimum atomic E-state index is -2.79. The zero-order valence-electron chi connectivity index (χ0n) is 12.0. The summed E-state index contributed by atoms with van der Waals surface area (Å²) in [5.41, 5.74) is 0. The van der Waals surface area contributed by atoms with Crippen LogP contribution in [0.25, 0.3) is 0 Å². The van der Waals surface area contributed by atoms with Crippen molar-refractivity contribution in [1.29, 1.82) is 0 Å². The van der Waals surface area contributed by atoms with E-state index in [1.807, 2.05) is 13.8 Å². The fourth-order valence-electron chi connectivity index (χ4n) is 2.01. The highest BCUT2D eigenvalue weighted by atomic mass is 32.2. The van der Waals surface area contributed by atoms with E-state index >= 15 is 0 Å². The van der Waals surface area contributed by atoms with Gasteiger partial charge >= 0.3 is 6.01 Å². The van der Waals surface area contributed by atoms with Gasteiger partial charge in [-0.2, -0.15) is 4.98 Å². The molecule has 0 spiro atoms. The number of nitrogens with zero attached hydrogens (tertiary/aromatic N) is 3. The third-order valence-electron chi connectivity index (χ3n) is 3.32. The van der Waals surface area contributed by atoms with Crippen LogP contribution in [0.4, 0.5) is 6.01 Å². The fraction of sp³-hybridized carbons (Fsp3) is 0.833. The van der Waals surface area contributed by atoms with Crippen LogP contribution in [0.5, 0.6) is 0 Å². The Labute approximate surface area is 119 Å². The van der Waals surface area contributed by atoms with E-state index in [0.29, 0.717) is 24.9 Å². The van der Waals surface area contributed by atoms with Gasteiger partial charge in [0.25, 0.3) is 0 Å². The second kappa shape index (κ2) is 6.53. The molecule has 0 amide bonds. The summed E-state index contributed by atoms with van der Waals surface area (Å²) >= 11 is 0. The molecule has 1 aliphatic rings. The van der Waals surface area contributed by atoms with Crippen LogP contribution in [-0.2, 0) is 9.84 Å². The van der Waals surface area contributed by atoms with E-state index < -0.39 is 9.84 Å². The second-order valence-electron chi connectivity index (χ2n) is 5.39. The molecule has 0 bridgehead atoms. The molecule has 7 nitrogen and oxygen atoms in total. The van der Waals surface area contributed by atoms with Crippen LogP contribution in [0, 0.1) is 0 Å². The minimum Gasteiger partial charge on any atom is -0.338 e. The van der Waals surface area contributed by atoms with E-state index in [-0.39, 0.29) is 17.4 Å². The molecule has 8 heteroatoms. The SMILES string of the molecule is CC(C)c1noc(NCCCN2CCS(=O)(=O)CC2)n1. The van der Waals surface area contributed by atoms with Crippen molar-refractivity contribution < 1.29 is 12.9 Å². The Balaban J connectivity index is 1.64. The highest BCUT2D eigenvalue weighted by Crippen LogP contribution is 2.12. The van der Waals surface area contributed by atoms with Crippen LogP contribution in [0.2, 0.25) is 0 Å². The van der Waals surface area contributed by atoms with Gasteiger partial charge in [-0.15, -0.1) is 0 Å². The molecule has 0 saturated carbocycles. The van der Waals surface area contributed by atoms with E-state index in [1.54, 1.807) is 0 Å². The third kappa shape index (κ3) is 4.45. The first-order chi connectivity index (χ1) is 9.46. The summed E-state index contributed by atoms with van der Waals surface area (Å²) in [6, 6.07) is 0.454. The molecule has 0 aromatic carbocycles. The molecule has 1 saturated heterocycles. The molecule has 0 unspecified atom stereocenters. The first kappa shape index (κ1) is 15.2. The summed E-state index contributed by atoms with van der Waals surface area (Å²) in [5.74, 6) is 1.52. The van der Waals surface area contributed by atoms with Crippen LogP contribution in [0.15, 0.2) is 4.52 Å². The average Bonchev–Trinajstić information content (AvgIpc) is 2.85. The van der Waals surface area contributed by atoms with Crippen molar-refractivity contribution in [2.75, 3.05) is 43.0 Å². The van der Waals surface area contributed by atoms with Crippen LogP contribution < -0.4 is 5.32 Å². The maximum Gasteiger partial charge on any atom is 0.321 e. The molecule has 2 heterocycles. The van der Waals surface area contributed by atoms with Gasteiger partial charge in [-0.05, 0) is 13.0 Å². The van der Waals surface area contributed by atoms with E-state index in [9.17, 15) is 8.42 Å². The zero-order chi connectivity index (χ0) is 14.6. The van der Waals surface area contributed by atoms with Gasteiger partial charge in [0.1, 0.15) is 0 Å². The number of hydrogen-bond acceptors (Lipinski definition) is 7. The summed E-state index contributed by atoms with van der Waals surface area (Å²) in [4.78, 5) is 6.41. The smallest absolute Gasteiger partial charge is 0.321 e. The number of nitrogens with one attached hydrogen (secondary N) is 1. The van der Waals surface area contributed by atoms with Gasteiger partial charge in [-0.1, -0.05) is 19.0 Å². The number of hydrogen-bond donors (Lipinski definition) is 1. The highest BCUT2D eigenvalue weighted by Gasteiger charge is 2.20. The Hall–Kier alpha value is -1.15. The predicted octanol–water partition coefficient (Wildman–Crippen LogP) is 0.725. The Morgan fingerprint density at radius 1 is 1.35 bits per heavy atom. The molecule has 0 atom stereocenters. The number of rotatable bonds is 6. The summed E-state index contributed by atoms with van der Waals surface area (Å²) in [5, 5.41) is 6.97. The van der Waals surface area contributed by atoms with Crippen molar-refractivity contribution in [3.05, 3.63) is 5.82 Å². The van der Waals surface area contributed by atoms with Gasteiger partial charge in [0.05, 0.1) is 11.5 Å². The van der Waals surface area contributed by atoms with Crippen molar-refractivity contribution in [3.63, 3.8) is 0 Å². The molecule has 1 aromatic rings. The third-order valence-corrected chi connectivity index (χ3v) is 4.93. The highest BCUT2D eigenvalue weighted by molar-refractivity contribution is 7.91. The van der Waals surface area contributed by atoms with Gasteiger partial charge in [0.15, 0.2) is 15.7 Å². The summed E-state index contributed by atoms with van der Waals surface area (Å²) in [7, 11) is -2.79. The molecule has 20 heavy (non-hydrogen) atoms. The van der Waals surface area contributed by atoms with E-state index in [1.165, 1.54) is 0 Å². The molecule has 1 aromatic heterocycles. The quantitative estimate of drug-likeness (QED) is 0.775. The molecule has 0 aliphatic carbocycles. The number of anilines is 1. The molecule has 1 aliphatic heterocycles. The van der Waals surface area contributed by atoms with Crippen LogP contribution in [-0.4, -0.2) is 61.1 Å². The van der Waals surface area contributed by atoms with Crippen molar-refractivity contribution >= 4 is 15.9 Å². The fourth-order valence-corrected chi connectivity index (χ4v) is 3.29. The topological polar surface area (TPSA) is 88.3 Å². The zero-order valence-corrected chi connectivity index (χ0v) is 12.8. The first-order valence-electron chi connectivity index (χ1n) is 6.96. The number of sulfone groups is 1. The molecule has 114 valence electrons. The minimum absolute atomic E-state index is 0.254. The lowest BCUT2D eigenvalue weighted by molar-refractivity contribution is 0.294. The Morgan fingerprint density at radius 2 is 2.05 bits per heavy atom. The maximum absolute atomic E-state index is 11.3. The lowest BCUT2D eigenvalue weighted by atomic mass is 10.2. The largest absolute Gasteiger partial charge is 0.338 e. The van der Waals surface area contributed by atoms with E-state index in [2.05, 4.69) is 20.4 Å². The van der Waals surface area contributed by atoms with Crippen LogP contribution in [0.3, 0.4) is 0 Å². The standard InChI is InChI=1S/C12H22N4O3S/c1-10(2)11-14-12(19-15-11)13-4-3-5-16-6-8-20(17,18)9-7-16/h10H,3-9H2,1-2H3,(H,13,14,15). The van der Waals surface area contributed by atoms with Gasteiger partial charge in [-0.25, -0.2) is 8.42 Å². The van der Waals surface area contributed by atoms with Crippen molar-refractivity contribution in [3.8, 4) is 0 Å². The van der Waals surface area contributed by atoms with Gasteiger partial charge < -0.3 is 14.7 Å². The normalized spacial score (nSPS) is 19.4. The molecule has 1 fully saturated rings. The van der Waals surface area contributed by atoms with E-state index in [0.717, 1.165) is 19.5 Å². The monoisotopic (exact) mass is 302 g/mol. The van der Waals surface area contributed by atoms with Gasteiger partial charge in [0, 0.05) is 25.6 Å². The Bertz CT molecular complexity index is 513. The van der Waals surface area contributed by atoms with Crippen molar-refractivity contribution in [1.82, 2.24) is 15.0 Å². The number of aromatic nitrogens is 2. The van der Waals surface area contributed by atoms with Crippen molar-refractivity contribution in [2.45, 2.75) is 26.2 Å². The van der Waals surface area contributed by atoms with E-state index in [4.69, 9.17) is 4.52 Å². The van der Waals surface area contributed by atoms with Gasteiger partial charge in [-0.3, -0.25) is 0 Å². The summed E-state index contributed by atoms with van der Waals surface area (Å²) in [6.45, 7) is 6.93. The average molecular weight is 302 g/mol. The Morgan fingerprint density at radius 3 is 2.65 bits per heavy atom. The lowest BCUT2D eigenvalue weighted by Crippen LogP contribution is -2.41. The molecular weight excluding hydrogens is 280 g/mol. The maximum atomic E-state index is 11.3. The molecular formula is C12H22N4O3S. The summed E-state index contributed by atoms with van der Waals surface area (Å²) in [6.07, 6.45) is 0.916.